The number of carbonyl (C=O) groups is 1. The molecule has 0 N–H and O–H groups in total. The molecule has 0 atom stereocenters. The third kappa shape index (κ3) is 3.77. The number of piperazine rings is 1. The summed E-state index contributed by atoms with van der Waals surface area (Å²) in [5.74, 6) is -0.671. The largest absolute Gasteiger partial charge is 0.368 e. The molecule has 3 rings (SSSR count). The van der Waals surface area contributed by atoms with Crippen molar-refractivity contribution in [2.75, 3.05) is 31.1 Å². The van der Waals surface area contributed by atoms with Crippen LogP contribution in [0.1, 0.15) is 22.8 Å². The Bertz CT molecular complexity index is 725. The molecule has 1 heterocycles. The van der Waals surface area contributed by atoms with Gasteiger partial charge in [-0.3, -0.25) is 9.69 Å². The number of carbonyl (C=O) groups excluding carboxylic acids is 1. The maximum absolute atomic E-state index is 14.0. The van der Waals surface area contributed by atoms with Crippen LogP contribution in [0.5, 0.6) is 0 Å². The molecular weight excluding hydrogens is 327 g/mol. The van der Waals surface area contributed by atoms with Crippen molar-refractivity contribution in [2.24, 2.45) is 0 Å². The molecule has 0 saturated carbocycles. The van der Waals surface area contributed by atoms with Gasteiger partial charge in [0.25, 0.3) is 0 Å². The summed E-state index contributed by atoms with van der Waals surface area (Å²) in [4.78, 5) is 16.2. The number of anilines is 1. The van der Waals surface area contributed by atoms with Crippen molar-refractivity contribution in [1.82, 2.24) is 4.90 Å². The quantitative estimate of drug-likeness (QED) is 0.782. The van der Waals surface area contributed by atoms with Crippen molar-refractivity contribution >= 4 is 23.1 Å². The average Bonchev–Trinajstić information content (AvgIpc) is 2.57. The van der Waals surface area contributed by atoms with E-state index < -0.39 is 5.82 Å². The minimum Gasteiger partial charge on any atom is -0.368 e. The van der Waals surface area contributed by atoms with E-state index in [0.29, 0.717) is 5.69 Å². The van der Waals surface area contributed by atoms with E-state index in [1.54, 1.807) is 6.07 Å². The Morgan fingerprint density at radius 3 is 2.38 bits per heavy atom. The molecule has 0 amide bonds. The van der Waals surface area contributed by atoms with Crippen molar-refractivity contribution in [3.8, 4) is 0 Å². The smallest absolute Gasteiger partial charge is 0.164 e. The summed E-state index contributed by atoms with van der Waals surface area (Å²) in [6.45, 7) is 5.58. The van der Waals surface area contributed by atoms with E-state index in [2.05, 4.69) is 9.80 Å². The molecule has 1 saturated heterocycles. The van der Waals surface area contributed by atoms with E-state index in [1.165, 1.54) is 18.6 Å². The molecule has 0 bridgehead atoms. The topological polar surface area (TPSA) is 23.6 Å². The number of hydrogen-bond acceptors (Lipinski definition) is 3. The van der Waals surface area contributed by atoms with Gasteiger partial charge in [-0.05, 0) is 36.8 Å². The minimum atomic E-state index is -0.441. The van der Waals surface area contributed by atoms with Crippen LogP contribution < -0.4 is 4.90 Å². The van der Waals surface area contributed by atoms with Crippen LogP contribution >= 0.6 is 11.6 Å². The average molecular weight is 347 g/mol. The molecule has 2 aromatic carbocycles. The van der Waals surface area contributed by atoms with Gasteiger partial charge in [-0.2, -0.15) is 0 Å². The molecule has 126 valence electrons. The van der Waals surface area contributed by atoms with Gasteiger partial charge in [0.15, 0.2) is 5.78 Å². The van der Waals surface area contributed by atoms with Gasteiger partial charge in [0.05, 0.1) is 11.3 Å². The van der Waals surface area contributed by atoms with Crippen molar-refractivity contribution in [3.05, 3.63) is 64.4 Å². The maximum Gasteiger partial charge on any atom is 0.164 e. The second-order valence-corrected chi connectivity index (χ2v) is 6.52. The zero-order valence-electron chi connectivity index (χ0n) is 13.6. The van der Waals surface area contributed by atoms with Crippen molar-refractivity contribution in [3.63, 3.8) is 0 Å². The predicted molar refractivity (Wildman–Crippen MR) is 95.3 cm³/mol. The fourth-order valence-electron chi connectivity index (χ4n) is 3.12. The molecule has 0 aromatic heterocycles. The van der Waals surface area contributed by atoms with Crippen LogP contribution in [0, 0.1) is 5.82 Å². The Morgan fingerprint density at radius 1 is 1.08 bits per heavy atom. The Labute approximate surface area is 146 Å². The lowest BCUT2D eigenvalue weighted by molar-refractivity contribution is 0.101. The minimum absolute atomic E-state index is 0.198. The van der Waals surface area contributed by atoms with Gasteiger partial charge in [-0.15, -0.1) is 0 Å². The Hall–Kier alpha value is -1.91. The highest BCUT2D eigenvalue weighted by atomic mass is 35.5. The van der Waals surface area contributed by atoms with E-state index in [1.807, 2.05) is 30.3 Å². The van der Waals surface area contributed by atoms with E-state index in [0.717, 1.165) is 37.7 Å². The number of nitrogens with zero attached hydrogens (tertiary/aromatic N) is 2. The molecule has 1 aliphatic rings. The van der Waals surface area contributed by atoms with Gasteiger partial charge in [0, 0.05) is 37.7 Å². The number of Topliss-reactive ketones (excluding diaryl/α,β-unsaturated/α-hetero) is 1. The lowest BCUT2D eigenvalue weighted by Gasteiger charge is -2.36. The van der Waals surface area contributed by atoms with Crippen LogP contribution in [0.4, 0.5) is 10.1 Å². The van der Waals surface area contributed by atoms with Crippen LogP contribution in [-0.4, -0.2) is 36.9 Å². The Morgan fingerprint density at radius 2 is 1.75 bits per heavy atom. The summed E-state index contributed by atoms with van der Waals surface area (Å²) < 4.78 is 14.0. The monoisotopic (exact) mass is 346 g/mol. The normalized spacial score (nSPS) is 15.5. The second-order valence-electron chi connectivity index (χ2n) is 6.08. The number of ketones is 1. The number of benzene rings is 2. The SMILES string of the molecule is CC(=O)c1c(F)cccc1N1CCN(Cc2ccc(Cl)cc2)CC1. The summed E-state index contributed by atoms with van der Waals surface area (Å²) in [5.41, 5.74) is 2.13. The van der Waals surface area contributed by atoms with Gasteiger partial charge in [-0.25, -0.2) is 4.39 Å². The van der Waals surface area contributed by atoms with E-state index in [9.17, 15) is 9.18 Å². The zero-order chi connectivity index (χ0) is 17.1. The predicted octanol–water partition coefficient (Wildman–Crippen LogP) is 4.00. The lowest BCUT2D eigenvalue weighted by atomic mass is 10.1. The highest BCUT2D eigenvalue weighted by molar-refractivity contribution is 6.30. The van der Waals surface area contributed by atoms with Gasteiger partial charge in [0.2, 0.25) is 0 Å². The third-order valence-corrected chi connectivity index (χ3v) is 4.63. The van der Waals surface area contributed by atoms with E-state index >= 15 is 0 Å². The second kappa shape index (κ2) is 7.32. The molecule has 0 radical (unpaired) electrons. The summed E-state index contributed by atoms with van der Waals surface area (Å²) in [7, 11) is 0. The molecule has 5 heteroatoms. The lowest BCUT2D eigenvalue weighted by Crippen LogP contribution is -2.46. The summed E-state index contributed by atoms with van der Waals surface area (Å²) in [6, 6.07) is 12.7. The van der Waals surface area contributed by atoms with Gasteiger partial charge >= 0.3 is 0 Å². The Kier molecular flexibility index (Phi) is 5.17. The van der Waals surface area contributed by atoms with Crippen LogP contribution in [0.25, 0.3) is 0 Å². The molecule has 2 aromatic rings. The Balaban J connectivity index is 1.66. The van der Waals surface area contributed by atoms with Crippen LogP contribution in [0.15, 0.2) is 42.5 Å². The number of rotatable bonds is 4. The van der Waals surface area contributed by atoms with Crippen molar-refractivity contribution in [2.45, 2.75) is 13.5 Å². The maximum atomic E-state index is 14.0. The first-order valence-corrected chi connectivity index (χ1v) is 8.43. The highest BCUT2D eigenvalue weighted by Crippen LogP contribution is 2.25. The first-order valence-electron chi connectivity index (χ1n) is 8.06. The zero-order valence-corrected chi connectivity index (χ0v) is 14.4. The summed E-state index contributed by atoms with van der Waals surface area (Å²) in [6.07, 6.45) is 0. The molecule has 0 spiro atoms. The summed E-state index contributed by atoms with van der Waals surface area (Å²) >= 11 is 5.92. The van der Waals surface area contributed by atoms with Gasteiger partial charge < -0.3 is 4.90 Å². The fraction of sp³-hybridized carbons (Fsp3) is 0.316. The van der Waals surface area contributed by atoms with E-state index in [4.69, 9.17) is 11.6 Å². The standard InChI is InChI=1S/C19H20ClFN2O/c1-14(24)19-17(21)3-2-4-18(19)23-11-9-22(10-12-23)13-15-5-7-16(20)8-6-15/h2-8H,9-13H2,1H3. The van der Waals surface area contributed by atoms with Crippen molar-refractivity contribution < 1.29 is 9.18 Å². The van der Waals surface area contributed by atoms with Crippen molar-refractivity contribution in [1.29, 1.82) is 0 Å². The number of halogens is 2. The third-order valence-electron chi connectivity index (χ3n) is 4.38. The number of hydrogen-bond donors (Lipinski definition) is 0. The molecule has 24 heavy (non-hydrogen) atoms. The molecule has 3 nitrogen and oxygen atoms in total. The first-order chi connectivity index (χ1) is 11.5. The van der Waals surface area contributed by atoms with E-state index in [-0.39, 0.29) is 11.3 Å². The van der Waals surface area contributed by atoms with Crippen LogP contribution in [-0.2, 0) is 6.54 Å². The van der Waals surface area contributed by atoms with Crippen LogP contribution in [0.3, 0.4) is 0 Å². The van der Waals surface area contributed by atoms with Gasteiger partial charge in [-0.1, -0.05) is 29.8 Å². The first kappa shape index (κ1) is 16.9. The molecule has 0 aliphatic carbocycles. The highest BCUT2D eigenvalue weighted by Gasteiger charge is 2.22. The fourth-order valence-corrected chi connectivity index (χ4v) is 3.25. The summed E-state index contributed by atoms with van der Waals surface area (Å²) in [5, 5.41) is 0.742. The van der Waals surface area contributed by atoms with Gasteiger partial charge in [0.1, 0.15) is 5.82 Å². The molecular formula is C19H20ClFN2O. The molecule has 1 fully saturated rings. The molecule has 0 unspecified atom stereocenters. The molecule has 1 aliphatic heterocycles. The van der Waals surface area contributed by atoms with Crippen LogP contribution in [0.2, 0.25) is 5.02 Å².